The fourth-order valence-electron chi connectivity index (χ4n) is 2.02. The fourth-order valence-corrected chi connectivity index (χ4v) is 2.39. The molecule has 2 rings (SSSR count). The summed E-state index contributed by atoms with van der Waals surface area (Å²) in [5.41, 5.74) is 2.20. The lowest BCUT2D eigenvalue weighted by atomic mass is 9.81. The van der Waals surface area contributed by atoms with E-state index in [4.69, 9.17) is 0 Å². The standard InChI is InChI=1S/C14H18BrNO/c1-10-4-5-11(8-12(10)15)16-7-6-14(2,3)13(17)9-16/h4-5,8H,6-7,9H2,1-3H3. The number of rotatable bonds is 1. The number of halogens is 1. The average molecular weight is 296 g/mol. The first-order valence-electron chi connectivity index (χ1n) is 5.94. The first-order chi connectivity index (χ1) is 7.90. The molecule has 0 amide bonds. The zero-order chi connectivity index (χ0) is 12.6. The molecular formula is C14H18BrNO. The second-order valence-corrected chi connectivity index (χ2v) is 6.27. The van der Waals surface area contributed by atoms with Crippen molar-refractivity contribution in [2.24, 2.45) is 5.41 Å². The van der Waals surface area contributed by atoms with E-state index in [1.165, 1.54) is 5.56 Å². The van der Waals surface area contributed by atoms with Crippen LogP contribution in [0.2, 0.25) is 0 Å². The molecule has 1 saturated heterocycles. The predicted octanol–water partition coefficient (Wildman–Crippen LogP) is 3.56. The molecule has 1 fully saturated rings. The lowest BCUT2D eigenvalue weighted by molar-refractivity contribution is -0.127. The van der Waals surface area contributed by atoms with Gasteiger partial charge in [-0.05, 0) is 31.0 Å². The summed E-state index contributed by atoms with van der Waals surface area (Å²) in [5, 5.41) is 0. The number of benzene rings is 1. The lowest BCUT2D eigenvalue weighted by Crippen LogP contribution is -2.45. The molecule has 0 N–H and O–H groups in total. The van der Waals surface area contributed by atoms with Crippen LogP contribution in [0.4, 0.5) is 5.69 Å². The van der Waals surface area contributed by atoms with E-state index in [1.807, 2.05) is 13.8 Å². The van der Waals surface area contributed by atoms with Crippen molar-refractivity contribution in [3.8, 4) is 0 Å². The van der Waals surface area contributed by atoms with Gasteiger partial charge in [0.25, 0.3) is 0 Å². The Morgan fingerprint density at radius 2 is 2.06 bits per heavy atom. The molecule has 0 atom stereocenters. The minimum atomic E-state index is -0.154. The van der Waals surface area contributed by atoms with Gasteiger partial charge >= 0.3 is 0 Å². The zero-order valence-corrected chi connectivity index (χ0v) is 12.2. The lowest BCUT2D eigenvalue weighted by Gasteiger charge is -2.36. The van der Waals surface area contributed by atoms with Gasteiger partial charge in [-0.2, -0.15) is 0 Å². The molecule has 0 unspecified atom stereocenters. The molecule has 0 aromatic heterocycles. The van der Waals surface area contributed by atoms with E-state index in [9.17, 15) is 4.79 Å². The summed E-state index contributed by atoms with van der Waals surface area (Å²) in [7, 11) is 0. The molecule has 2 nitrogen and oxygen atoms in total. The third kappa shape index (κ3) is 2.54. The van der Waals surface area contributed by atoms with Crippen LogP contribution in [0, 0.1) is 12.3 Å². The van der Waals surface area contributed by atoms with E-state index < -0.39 is 0 Å². The third-order valence-corrected chi connectivity index (χ3v) is 4.47. The minimum Gasteiger partial charge on any atom is -0.364 e. The summed E-state index contributed by atoms with van der Waals surface area (Å²) in [4.78, 5) is 14.2. The van der Waals surface area contributed by atoms with Crippen molar-refractivity contribution in [3.63, 3.8) is 0 Å². The van der Waals surface area contributed by atoms with Crippen LogP contribution in [-0.4, -0.2) is 18.9 Å². The number of aryl methyl sites for hydroxylation is 1. The van der Waals surface area contributed by atoms with E-state index >= 15 is 0 Å². The Hall–Kier alpha value is -0.830. The maximum Gasteiger partial charge on any atom is 0.157 e. The van der Waals surface area contributed by atoms with Crippen molar-refractivity contribution in [2.75, 3.05) is 18.0 Å². The first kappa shape index (κ1) is 12.6. The van der Waals surface area contributed by atoms with Gasteiger partial charge < -0.3 is 4.90 Å². The molecule has 1 aromatic carbocycles. The predicted molar refractivity (Wildman–Crippen MR) is 74.5 cm³/mol. The maximum atomic E-state index is 12.0. The number of carbonyl (C=O) groups is 1. The Bertz CT molecular complexity index is 454. The Morgan fingerprint density at radius 3 is 2.65 bits per heavy atom. The summed E-state index contributed by atoms with van der Waals surface area (Å²) >= 11 is 3.54. The number of carbonyl (C=O) groups excluding carboxylic acids is 1. The molecular weight excluding hydrogens is 278 g/mol. The summed E-state index contributed by atoms with van der Waals surface area (Å²) in [6.45, 7) is 7.63. The van der Waals surface area contributed by atoms with Gasteiger partial charge in [0.2, 0.25) is 0 Å². The molecule has 0 saturated carbocycles. The minimum absolute atomic E-state index is 0.154. The van der Waals surface area contributed by atoms with E-state index in [0.717, 1.165) is 23.1 Å². The van der Waals surface area contributed by atoms with Crippen LogP contribution in [0.3, 0.4) is 0 Å². The molecule has 1 aliphatic rings. The largest absolute Gasteiger partial charge is 0.364 e. The smallest absolute Gasteiger partial charge is 0.157 e. The second kappa shape index (κ2) is 4.45. The van der Waals surface area contributed by atoms with Crippen LogP contribution in [0.5, 0.6) is 0 Å². The van der Waals surface area contributed by atoms with Gasteiger partial charge in [-0.1, -0.05) is 35.8 Å². The van der Waals surface area contributed by atoms with E-state index in [0.29, 0.717) is 12.3 Å². The van der Waals surface area contributed by atoms with Crippen LogP contribution in [0.1, 0.15) is 25.8 Å². The normalized spacial score (nSPS) is 19.5. The fraction of sp³-hybridized carbons (Fsp3) is 0.500. The topological polar surface area (TPSA) is 20.3 Å². The number of Topliss-reactive ketones (excluding diaryl/α,β-unsaturated/α-hetero) is 1. The molecule has 0 spiro atoms. The monoisotopic (exact) mass is 295 g/mol. The summed E-state index contributed by atoms with van der Waals surface area (Å²) < 4.78 is 1.10. The number of nitrogens with zero attached hydrogens (tertiary/aromatic N) is 1. The number of piperidine rings is 1. The molecule has 17 heavy (non-hydrogen) atoms. The zero-order valence-electron chi connectivity index (χ0n) is 10.6. The molecule has 1 aromatic rings. The van der Waals surface area contributed by atoms with Crippen molar-refractivity contribution in [1.82, 2.24) is 0 Å². The number of hydrogen-bond acceptors (Lipinski definition) is 2. The van der Waals surface area contributed by atoms with Crippen molar-refractivity contribution in [1.29, 1.82) is 0 Å². The quantitative estimate of drug-likeness (QED) is 0.789. The van der Waals surface area contributed by atoms with Crippen molar-refractivity contribution >= 4 is 27.4 Å². The average Bonchev–Trinajstić information content (AvgIpc) is 2.26. The van der Waals surface area contributed by atoms with E-state index in [1.54, 1.807) is 0 Å². The summed E-state index contributed by atoms with van der Waals surface area (Å²) in [6, 6.07) is 6.27. The Morgan fingerprint density at radius 1 is 1.35 bits per heavy atom. The van der Waals surface area contributed by atoms with Crippen LogP contribution in [0.15, 0.2) is 22.7 Å². The van der Waals surface area contributed by atoms with Gasteiger partial charge in [0.15, 0.2) is 5.78 Å². The van der Waals surface area contributed by atoms with Gasteiger partial charge in [0.1, 0.15) is 0 Å². The number of hydrogen-bond donors (Lipinski definition) is 0. The highest BCUT2D eigenvalue weighted by Gasteiger charge is 2.33. The molecule has 92 valence electrons. The maximum absolute atomic E-state index is 12.0. The highest BCUT2D eigenvalue weighted by molar-refractivity contribution is 9.10. The third-order valence-electron chi connectivity index (χ3n) is 3.62. The SMILES string of the molecule is Cc1ccc(N2CCC(C)(C)C(=O)C2)cc1Br. The van der Waals surface area contributed by atoms with Crippen molar-refractivity contribution < 1.29 is 4.79 Å². The number of anilines is 1. The molecule has 0 aliphatic carbocycles. The summed E-state index contributed by atoms with van der Waals surface area (Å²) in [6.07, 6.45) is 0.928. The summed E-state index contributed by atoms with van der Waals surface area (Å²) in [5.74, 6) is 0.334. The van der Waals surface area contributed by atoms with E-state index in [-0.39, 0.29) is 5.41 Å². The van der Waals surface area contributed by atoms with Gasteiger partial charge in [-0.15, -0.1) is 0 Å². The van der Waals surface area contributed by atoms with Crippen LogP contribution < -0.4 is 4.90 Å². The van der Waals surface area contributed by atoms with Gasteiger partial charge in [-0.3, -0.25) is 4.79 Å². The van der Waals surface area contributed by atoms with Crippen LogP contribution >= 0.6 is 15.9 Å². The molecule has 0 radical (unpaired) electrons. The van der Waals surface area contributed by atoms with Crippen LogP contribution in [0.25, 0.3) is 0 Å². The second-order valence-electron chi connectivity index (χ2n) is 5.41. The van der Waals surface area contributed by atoms with E-state index in [2.05, 4.69) is 46.0 Å². The van der Waals surface area contributed by atoms with Gasteiger partial charge in [0.05, 0.1) is 6.54 Å². The van der Waals surface area contributed by atoms with Gasteiger partial charge in [0, 0.05) is 22.1 Å². The molecule has 1 heterocycles. The Balaban J connectivity index is 2.19. The molecule has 3 heteroatoms. The Kier molecular flexibility index (Phi) is 3.30. The van der Waals surface area contributed by atoms with Crippen LogP contribution in [-0.2, 0) is 4.79 Å². The highest BCUT2D eigenvalue weighted by Crippen LogP contribution is 2.31. The molecule has 0 bridgehead atoms. The molecule has 1 aliphatic heterocycles. The Labute approximate surface area is 111 Å². The number of ketones is 1. The highest BCUT2D eigenvalue weighted by atomic mass is 79.9. The van der Waals surface area contributed by atoms with Crippen molar-refractivity contribution in [2.45, 2.75) is 27.2 Å². The van der Waals surface area contributed by atoms with Gasteiger partial charge in [-0.25, -0.2) is 0 Å². The first-order valence-corrected chi connectivity index (χ1v) is 6.74. The van der Waals surface area contributed by atoms with Crippen molar-refractivity contribution in [3.05, 3.63) is 28.2 Å².